The van der Waals surface area contributed by atoms with Gasteiger partial charge in [-0.2, -0.15) is 0 Å². The molecule has 0 aromatic rings. The van der Waals surface area contributed by atoms with E-state index in [-0.39, 0.29) is 13.2 Å². The molecule has 0 aliphatic rings. The van der Waals surface area contributed by atoms with Crippen molar-refractivity contribution < 1.29 is 18.8 Å². The van der Waals surface area contributed by atoms with Crippen LogP contribution in [0.15, 0.2) is 12.7 Å². The Kier molecular flexibility index (Phi) is 6.97. The van der Waals surface area contributed by atoms with Crippen LogP contribution in [0.2, 0.25) is 0 Å². The molecule has 0 saturated heterocycles. The highest BCUT2D eigenvalue weighted by Crippen LogP contribution is 2.02. The molecule has 4 nitrogen and oxygen atoms in total. The van der Waals surface area contributed by atoms with Crippen LogP contribution >= 0.6 is 12.0 Å². The Bertz CT molecular complexity index is 126. The molecule has 0 aliphatic carbocycles. The van der Waals surface area contributed by atoms with Gasteiger partial charge >= 0.3 is 6.16 Å². The SMILES string of the molecule is C=CCOC(=O)OSCCO. The Labute approximate surface area is 69.4 Å². The van der Waals surface area contributed by atoms with Gasteiger partial charge in [0.2, 0.25) is 0 Å². The fraction of sp³-hybridized carbons (Fsp3) is 0.500. The van der Waals surface area contributed by atoms with E-state index in [4.69, 9.17) is 5.11 Å². The second kappa shape index (κ2) is 7.43. The first-order valence-electron chi connectivity index (χ1n) is 2.99. The van der Waals surface area contributed by atoms with Gasteiger partial charge in [0, 0.05) is 0 Å². The van der Waals surface area contributed by atoms with Crippen molar-refractivity contribution in [2.45, 2.75) is 0 Å². The molecule has 0 atom stereocenters. The Hall–Kier alpha value is -0.680. The van der Waals surface area contributed by atoms with E-state index in [1.165, 1.54) is 6.08 Å². The number of hydrogen-bond donors (Lipinski definition) is 1. The third-order valence-corrected chi connectivity index (χ3v) is 1.22. The van der Waals surface area contributed by atoms with Crippen LogP contribution in [0.4, 0.5) is 4.79 Å². The van der Waals surface area contributed by atoms with Crippen molar-refractivity contribution in [3.8, 4) is 0 Å². The van der Waals surface area contributed by atoms with Gasteiger partial charge in [0.15, 0.2) is 0 Å². The second-order valence-corrected chi connectivity index (χ2v) is 2.29. The van der Waals surface area contributed by atoms with Crippen LogP contribution in [0.1, 0.15) is 0 Å². The minimum atomic E-state index is -0.761. The maximum atomic E-state index is 10.5. The summed E-state index contributed by atoms with van der Waals surface area (Å²) in [6.45, 7) is 3.46. The van der Waals surface area contributed by atoms with Gasteiger partial charge in [0.25, 0.3) is 0 Å². The third kappa shape index (κ3) is 7.21. The highest BCUT2D eigenvalue weighted by atomic mass is 32.2. The molecule has 0 amide bonds. The van der Waals surface area contributed by atoms with Gasteiger partial charge in [-0.25, -0.2) is 4.79 Å². The average molecular weight is 178 g/mol. The van der Waals surface area contributed by atoms with E-state index in [1.807, 2.05) is 0 Å². The van der Waals surface area contributed by atoms with Crippen molar-refractivity contribution in [3.63, 3.8) is 0 Å². The summed E-state index contributed by atoms with van der Waals surface area (Å²) in [6, 6.07) is 0. The molecule has 64 valence electrons. The van der Waals surface area contributed by atoms with Crippen molar-refractivity contribution in [1.29, 1.82) is 0 Å². The van der Waals surface area contributed by atoms with Gasteiger partial charge in [-0.3, -0.25) is 0 Å². The predicted molar refractivity (Wildman–Crippen MR) is 42.2 cm³/mol. The molecule has 11 heavy (non-hydrogen) atoms. The molecule has 5 heteroatoms. The molecule has 0 spiro atoms. The Balaban J connectivity index is 3.15. The van der Waals surface area contributed by atoms with Crippen LogP contribution < -0.4 is 0 Å². The van der Waals surface area contributed by atoms with Gasteiger partial charge in [-0.05, 0) is 0 Å². The molecule has 0 rings (SSSR count). The maximum absolute atomic E-state index is 10.5. The van der Waals surface area contributed by atoms with Crippen molar-refractivity contribution in [2.75, 3.05) is 19.0 Å². The predicted octanol–water partition coefficient (Wildman–Crippen LogP) is 0.966. The average Bonchev–Trinajstić information content (AvgIpc) is 2.01. The fourth-order valence-electron chi connectivity index (χ4n) is 0.278. The lowest BCUT2D eigenvalue weighted by Crippen LogP contribution is -2.03. The highest BCUT2D eigenvalue weighted by Gasteiger charge is 2.01. The first-order valence-corrected chi connectivity index (χ1v) is 3.90. The monoisotopic (exact) mass is 178 g/mol. The Morgan fingerprint density at radius 2 is 2.45 bits per heavy atom. The number of ether oxygens (including phenoxy) is 1. The number of carbonyl (C=O) groups excluding carboxylic acids is 1. The Morgan fingerprint density at radius 1 is 1.73 bits per heavy atom. The first-order chi connectivity index (χ1) is 5.31. The Morgan fingerprint density at radius 3 is 3.00 bits per heavy atom. The molecule has 0 aromatic carbocycles. The number of aliphatic hydroxyl groups is 1. The van der Waals surface area contributed by atoms with Gasteiger partial charge in [-0.15, -0.1) is 0 Å². The van der Waals surface area contributed by atoms with Crippen LogP contribution in [0.25, 0.3) is 0 Å². The molecule has 0 saturated carbocycles. The first kappa shape index (κ1) is 10.3. The molecular formula is C6H10O4S. The highest BCUT2D eigenvalue weighted by molar-refractivity contribution is 7.95. The molecule has 0 heterocycles. The minimum Gasteiger partial charge on any atom is -0.429 e. The maximum Gasteiger partial charge on any atom is 0.521 e. The second-order valence-electron chi connectivity index (χ2n) is 1.48. The van der Waals surface area contributed by atoms with Crippen molar-refractivity contribution >= 4 is 18.2 Å². The molecular weight excluding hydrogens is 168 g/mol. The zero-order valence-corrected chi connectivity index (χ0v) is 6.80. The van der Waals surface area contributed by atoms with Gasteiger partial charge in [-0.1, -0.05) is 12.7 Å². The molecule has 0 unspecified atom stereocenters. The summed E-state index contributed by atoms with van der Waals surface area (Å²) in [4.78, 5) is 10.5. The zero-order chi connectivity index (χ0) is 8.53. The van der Waals surface area contributed by atoms with Gasteiger partial charge in [0.05, 0.1) is 24.4 Å². The molecule has 0 aromatic heterocycles. The number of aliphatic hydroxyl groups excluding tert-OH is 1. The van der Waals surface area contributed by atoms with Crippen molar-refractivity contribution in [1.82, 2.24) is 0 Å². The molecule has 0 fully saturated rings. The minimum absolute atomic E-state index is 0.0284. The summed E-state index contributed by atoms with van der Waals surface area (Å²) in [5.41, 5.74) is 0. The summed E-state index contributed by atoms with van der Waals surface area (Å²) in [7, 11) is 0. The summed E-state index contributed by atoms with van der Waals surface area (Å²) in [6.07, 6.45) is 0.682. The molecule has 0 bridgehead atoms. The van der Waals surface area contributed by atoms with Gasteiger partial charge in [0.1, 0.15) is 6.61 Å². The van der Waals surface area contributed by atoms with E-state index in [0.717, 1.165) is 12.0 Å². The number of rotatable bonds is 5. The number of carbonyl (C=O) groups is 1. The van der Waals surface area contributed by atoms with Crippen molar-refractivity contribution in [2.24, 2.45) is 0 Å². The molecule has 0 radical (unpaired) electrons. The quantitative estimate of drug-likeness (QED) is 0.294. The zero-order valence-electron chi connectivity index (χ0n) is 5.99. The summed E-state index contributed by atoms with van der Waals surface area (Å²) < 4.78 is 8.89. The van der Waals surface area contributed by atoms with E-state index in [0.29, 0.717) is 5.75 Å². The summed E-state index contributed by atoms with van der Waals surface area (Å²) in [5.74, 6) is 0.350. The smallest absolute Gasteiger partial charge is 0.429 e. The van der Waals surface area contributed by atoms with E-state index >= 15 is 0 Å². The van der Waals surface area contributed by atoms with Gasteiger partial charge < -0.3 is 14.0 Å². The molecule has 0 aliphatic heterocycles. The van der Waals surface area contributed by atoms with Crippen LogP contribution in [0, 0.1) is 0 Å². The summed E-state index contributed by atoms with van der Waals surface area (Å²) in [5, 5.41) is 8.29. The largest absolute Gasteiger partial charge is 0.521 e. The van der Waals surface area contributed by atoms with Crippen LogP contribution in [-0.4, -0.2) is 30.2 Å². The van der Waals surface area contributed by atoms with E-state index < -0.39 is 6.16 Å². The number of hydrogen-bond acceptors (Lipinski definition) is 5. The fourth-order valence-corrected chi connectivity index (χ4v) is 0.580. The van der Waals surface area contributed by atoms with Crippen LogP contribution in [0.3, 0.4) is 0 Å². The standard InChI is InChI=1S/C6H10O4S/c1-2-4-9-6(8)10-11-5-3-7/h2,7H,1,3-5H2. The normalized spacial score (nSPS) is 8.82. The van der Waals surface area contributed by atoms with E-state index in [9.17, 15) is 4.79 Å². The lowest BCUT2D eigenvalue weighted by atomic mass is 10.7. The van der Waals surface area contributed by atoms with E-state index in [1.54, 1.807) is 0 Å². The van der Waals surface area contributed by atoms with E-state index in [2.05, 4.69) is 15.5 Å². The van der Waals surface area contributed by atoms with Crippen LogP contribution in [-0.2, 0) is 8.92 Å². The summed E-state index contributed by atoms with van der Waals surface area (Å²) >= 11 is 0.853. The van der Waals surface area contributed by atoms with Crippen molar-refractivity contribution in [3.05, 3.63) is 12.7 Å². The van der Waals surface area contributed by atoms with Crippen LogP contribution in [0.5, 0.6) is 0 Å². The lowest BCUT2D eigenvalue weighted by Gasteiger charge is -2.00. The molecule has 1 N–H and O–H groups in total. The topological polar surface area (TPSA) is 55.8 Å². The lowest BCUT2D eigenvalue weighted by molar-refractivity contribution is 0.117. The third-order valence-electron chi connectivity index (χ3n) is 0.621.